The number of pyridine rings is 1. The minimum Gasteiger partial charge on any atom is -0.481 e. The Morgan fingerprint density at radius 2 is 2.06 bits per heavy atom. The Morgan fingerprint density at radius 1 is 1.44 bits per heavy atom. The number of halogens is 5. The van der Waals surface area contributed by atoms with Crippen molar-refractivity contribution in [3.63, 3.8) is 0 Å². The smallest absolute Gasteiger partial charge is 0.481 e. The molecule has 1 aromatic heterocycles. The summed E-state index contributed by atoms with van der Waals surface area (Å²) in [7, 11) is 0. The number of rotatable bonds is 4. The van der Waals surface area contributed by atoms with Gasteiger partial charge < -0.3 is 9.84 Å². The summed E-state index contributed by atoms with van der Waals surface area (Å²) in [4.78, 5) is 13.4. The molecule has 1 aromatic rings. The molecule has 0 aromatic carbocycles. The lowest BCUT2D eigenvalue weighted by atomic mass is 10.1. The first-order chi connectivity index (χ1) is 8.24. The molecule has 0 fully saturated rings. The number of hydrogen-bond donors (Lipinski definition) is 1. The third-order valence-electron chi connectivity index (χ3n) is 1.84. The van der Waals surface area contributed by atoms with Gasteiger partial charge in [0.1, 0.15) is 12.4 Å². The molecule has 0 aliphatic carbocycles. The Labute approximate surface area is 97.0 Å². The fourth-order valence-corrected chi connectivity index (χ4v) is 1.20. The van der Waals surface area contributed by atoms with Gasteiger partial charge in [-0.2, -0.15) is 4.39 Å². The number of nitrogens with zero attached hydrogens (tertiary/aromatic N) is 1. The fraction of sp³-hybridized carbons (Fsp3) is 0.333. The number of ether oxygens (including phenoxy) is 1. The zero-order valence-electron chi connectivity index (χ0n) is 8.59. The van der Waals surface area contributed by atoms with Crippen LogP contribution in [0.25, 0.3) is 0 Å². The number of aromatic nitrogens is 1. The SMILES string of the molecule is O=C(O)Cc1c(F)ncc(CF)c1OC(F)(F)F. The van der Waals surface area contributed by atoms with Crippen molar-refractivity contribution in [2.75, 3.05) is 0 Å². The highest BCUT2D eigenvalue weighted by molar-refractivity contribution is 5.71. The van der Waals surface area contributed by atoms with Gasteiger partial charge >= 0.3 is 12.3 Å². The van der Waals surface area contributed by atoms with Crippen molar-refractivity contribution in [2.45, 2.75) is 19.5 Å². The van der Waals surface area contributed by atoms with Crippen molar-refractivity contribution in [3.8, 4) is 5.75 Å². The molecule has 0 spiro atoms. The highest BCUT2D eigenvalue weighted by Crippen LogP contribution is 2.31. The average Bonchev–Trinajstić information content (AvgIpc) is 2.21. The zero-order chi connectivity index (χ0) is 13.9. The van der Waals surface area contributed by atoms with Crippen LogP contribution in [-0.4, -0.2) is 22.4 Å². The van der Waals surface area contributed by atoms with Crippen molar-refractivity contribution in [1.29, 1.82) is 0 Å². The first-order valence-corrected chi connectivity index (χ1v) is 4.44. The Balaban J connectivity index is 3.31. The van der Waals surface area contributed by atoms with E-state index in [1.54, 1.807) is 0 Å². The highest BCUT2D eigenvalue weighted by Gasteiger charge is 2.34. The molecule has 0 saturated heterocycles. The maximum absolute atomic E-state index is 13.2. The molecule has 0 unspecified atom stereocenters. The van der Waals surface area contributed by atoms with Gasteiger partial charge in [-0.3, -0.25) is 4.79 Å². The second kappa shape index (κ2) is 5.15. The van der Waals surface area contributed by atoms with E-state index in [0.29, 0.717) is 6.20 Å². The summed E-state index contributed by atoms with van der Waals surface area (Å²) in [6.07, 6.45) is -5.77. The molecular weight excluding hydrogens is 265 g/mol. The second-order valence-corrected chi connectivity index (χ2v) is 3.13. The van der Waals surface area contributed by atoms with Crippen molar-refractivity contribution in [2.24, 2.45) is 0 Å². The lowest BCUT2D eigenvalue weighted by Gasteiger charge is -2.15. The summed E-state index contributed by atoms with van der Waals surface area (Å²) in [6.45, 7) is -1.40. The predicted molar refractivity (Wildman–Crippen MR) is 47.0 cm³/mol. The number of carbonyl (C=O) groups is 1. The largest absolute Gasteiger partial charge is 0.573 e. The minimum atomic E-state index is -5.19. The topological polar surface area (TPSA) is 59.4 Å². The molecule has 4 nitrogen and oxygen atoms in total. The zero-order valence-corrected chi connectivity index (χ0v) is 8.59. The summed E-state index contributed by atoms with van der Waals surface area (Å²) >= 11 is 0. The van der Waals surface area contributed by atoms with Crippen LogP contribution in [0.4, 0.5) is 22.0 Å². The average molecular weight is 271 g/mol. The molecule has 1 heterocycles. The van der Waals surface area contributed by atoms with Gasteiger partial charge in [-0.25, -0.2) is 9.37 Å². The molecule has 0 aliphatic rings. The molecule has 100 valence electrons. The van der Waals surface area contributed by atoms with E-state index in [1.807, 2.05) is 0 Å². The summed E-state index contributed by atoms with van der Waals surface area (Å²) in [5, 5.41) is 8.45. The molecular formula is C9H6F5NO3. The van der Waals surface area contributed by atoms with Crippen LogP contribution in [0.1, 0.15) is 11.1 Å². The van der Waals surface area contributed by atoms with Crippen molar-refractivity contribution in [3.05, 3.63) is 23.3 Å². The van der Waals surface area contributed by atoms with E-state index in [2.05, 4.69) is 9.72 Å². The standard InChI is InChI=1S/C9H6F5NO3/c10-2-4-3-15-8(11)5(1-6(16)17)7(4)18-9(12,13)14/h3H,1-2H2,(H,16,17). The Kier molecular flexibility index (Phi) is 4.04. The van der Waals surface area contributed by atoms with Crippen molar-refractivity contribution < 1.29 is 36.6 Å². The van der Waals surface area contributed by atoms with Gasteiger partial charge in [0.2, 0.25) is 5.95 Å². The minimum absolute atomic E-state index is 0.516. The first kappa shape index (κ1) is 14.1. The van der Waals surface area contributed by atoms with Gasteiger partial charge in [0.25, 0.3) is 0 Å². The van der Waals surface area contributed by atoms with Gasteiger partial charge in [0.15, 0.2) is 0 Å². The Hall–Kier alpha value is -1.93. The molecule has 0 aliphatic heterocycles. The Bertz CT molecular complexity index is 460. The number of alkyl halides is 4. The number of hydrogen-bond acceptors (Lipinski definition) is 3. The third kappa shape index (κ3) is 3.54. The maximum atomic E-state index is 13.2. The molecule has 0 radical (unpaired) electrons. The summed E-state index contributed by atoms with van der Waals surface area (Å²) in [5.74, 6) is -4.24. The normalized spacial score (nSPS) is 11.4. The molecule has 0 saturated carbocycles. The number of carboxylic acids is 1. The van der Waals surface area contributed by atoms with Crippen LogP contribution in [0.5, 0.6) is 5.75 Å². The van der Waals surface area contributed by atoms with Gasteiger partial charge in [-0.05, 0) is 0 Å². The lowest BCUT2D eigenvalue weighted by Crippen LogP contribution is -2.21. The second-order valence-electron chi connectivity index (χ2n) is 3.13. The third-order valence-corrected chi connectivity index (χ3v) is 1.84. The van der Waals surface area contributed by atoms with E-state index in [-0.39, 0.29) is 0 Å². The first-order valence-electron chi connectivity index (χ1n) is 4.44. The van der Waals surface area contributed by atoms with Gasteiger partial charge in [-0.15, -0.1) is 13.2 Å². The molecule has 18 heavy (non-hydrogen) atoms. The van der Waals surface area contributed by atoms with E-state index < -0.39 is 48.3 Å². The highest BCUT2D eigenvalue weighted by atomic mass is 19.4. The van der Waals surface area contributed by atoms with Crippen molar-refractivity contribution >= 4 is 5.97 Å². The van der Waals surface area contributed by atoms with Crippen molar-refractivity contribution in [1.82, 2.24) is 4.98 Å². The number of carboxylic acid groups (broad SMARTS) is 1. The molecule has 9 heteroatoms. The van der Waals surface area contributed by atoms with Crippen LogP contribution in [-0.2, 0) is 17.9 Å². The predicted octanol–water partition coefficient (Wildman–Crippen LogP) is 2.22. The Morgan fingerprint density at radius 3 is 2.50 bits per heavy atom. The summed E-state index contributed by atoms with van der Waals surface area (Å²) in [5.41, 5.74) is -1.63. The van der Waals surface area contributed by atoms with E-state index >= 15 is 0 Å². The fourth-order valence-electron chi connectivity index (χ4n) is 1.20. The molecule has 1 N–H and O–H groups in total. The van der Waals surface area contributed by atoms with Crippen LogP contribution in [0.3, 0.4) is 0 Å². The van der Waals surface area contributed by atoms with E-state index in [0.717, 1.165) is 0 Å². The van der Waals surface area contributed by atoms with Crippen LogP contribution in [0.15, 0.2) is 6.20 Å². The van der Waals surface area contributed by atoms with Crippen LogP contribution >= 0.6 is 0 Å². The van der Waals surface area contributed by atoms with Gasteiger partial charge in [0, 0.05) is 11.8 Å². The van der Waals surface area contributed by atoms with Crippen LogP contribution in [0.2, 0.25) is 0 Å². The summed E-state index contributed by atoms with van der Waals surface area (Å²) < 4.78 is 65.3. The van der Waals surface area contributed by atoms with Crippen LogP contribution < -0.4 is 4.74 Å². The van der Waals surface area contributed by atoms with Gasteiger partial charge in [0.05, 0.1) is 12.0 Å². The molecule has 0 amide bonds. The summed E-state index contributed by atoms with van der Waals surface area (Å²) in [6, 6.07) is 0. The van der Waals surface area contributed by atoms with E-state index in [1.165, 1.54) is 0 Å². The molecule has 1 rings (SSSR count). The van der Waals surface area contributed by atoms with Gasteiger partial charge in [-0.1, -0.05) is 0 Å². The monoisotopic (exact) mass is 271 g/mol. The molecule has 0 bridgehead atoms. The van der Waals surface area contributed by atoms with Crippen LogP contribution in [0, 0.1) is 5.95 Å². The number of aliphatic carboxylic acids is 1. The molecule has 0 atom stereocenters. The van der Waals surface area contributed by atoms with E-state index in [4.69, 9.17) is 5.11 Å². The quantitative estimate of drug-likeness (QED) is 0.673. The lowest BCUT2D eigenvalue weighted by molar-refractivity contribution is -0.275. The van der Waals surface area contributed by atoms with E-state index in [9.17, 15) is 26.7 Å². The maximum Gasteiger partial charge on any atom is 0.573 e.